The summed E-state index contributed by atoms with van der Waals surface area (Å²) in [5.41, 5.74) is 2.88. The van der Waals surface area contributed by atoms with Gasteiger partial charge >= 0.3 is 0 Å². The van der Waals surface area contributed by atoms with E-state index in [1.807, 2.05) is 12.1 Å². The van der Waals surface area contributed by atoms with Gasteiger partial charge in [-0.15, -0.1) is 0 Å². The zero-order valence-electron chi connectivity index (χ0n) is 10.4. The maximum Gasteiger partial charge on any atom is 0.264 e. The van der Waals surface area contributed by atoms with Crippen LogP contribution in [0.25, 0.3) is 11.3 Å². The van der Waals surface area contributed by atoms with Crippen LogP contribution in [0.4, 0.5) is 5.69 Å². The Balaban J connectivity index is 1.71. The predicted octanol–water partition coefficient (Wildman–Crippen LogP) is 2.58. The van der Waals surface area contributed by atoms with Gasteiger partial charge in [-0.3, -0.25) is 15.0 Å². The molecule has 1 heterocycles. The number of anilines is 1. The summed E-state index contributed by atoms with van der Waals surface area (Å²) in [7, 11) is 0. The van der Waals surface area contributed by atoms with Crippen LogP contribution in [0.15, 0.2) is 35.1 Å². The first-order valence-corrected chi connectivity index (χ1v) is 6.35. The highest BCUT2D eigenvalue weighted by Crippen LogP contribution is 2.29. The minimum absolute atomic E-state index is 0.101. The zero-order chi connectivity index (χ0) is 12.5. The van der Waals surface area contributed by atoms with Crippen molar-refractivity contribution in [3.8, 4) is 11.3 Å². The Morgan fingerprint density at radius 3 is 2.44 bits per heavy atom. The van der Waals surface area contributed by atoms with Crippen LogP contribution in [0.3, 0.4) is 0 Å². The number of hydrogen-bond donors (Lipinski definition) is 3. The standard InChI is InChI=1S/C14H17N3O/c1-9-6-12(7-9)15-11-4-2-10(3-5-11)13-8-14(18)17-16-13/h2-5,8-9,12,15H,6-7H2,1H3,(H2,16,17,18). The Morgan fingerprint density at radius 2 is 1.89 bits per heavy atom. The van der Waals surface area contributed by atoms with Gasteiger partial charge in [0, 0.05) is 17.8 Å². The molecular formula is C14H17N3O. The first kappa shape index (κ1) is 11.1. The van der Waals surface area contributed by atoms with Gasteiger partial charge in [0.1, 0.15) is 0 Å². The van der Waals surface area contributed by atoms with Crippen molar-refractivity contribution in [1.29, 1.82) is 0 Å². The van der Waals surface area contributed by atoms with Crippen LogP contribution >= 0.6 is 0 Å². The highest BCUT2D eigenvalue weighted by Gasteiger charge is 2.24. The normalized spacial score (nSPS) is 22.5. The van der Waals surface area contributed by atoms with E-state index in [2.05, 4.69) is 34.6 Å². The van der Waals surface area contributed by atoms with Crippen molar-refractivity contribution in [2.45, 2.75) is 25.8 Å². The second kappa shape index (κ2) is 4.37. The molecule has 3 N–H and O–H groups in total. The summed E-state index contributed by atoms with van der Waals surface area (Å²) in [6.07, 6.45) is 2.51. The van der Waals surface area contributed by atoms with E-state index in [9.17, 15) is 4.79 Å². The largest absolute Gasteiger partial charge is 0.382 e. The monoisotopic (exact) mass is 243 g/mol. The Kier molecular flexibility index (Phi) is 2.70. The van der Waals surface area contributed by atoms with E-state index in [4.69, 9.17) is 0 Å². The van der Waals surface area contributed by atoms with Crippen molar-refractivity contribution < 1.29 is 0 Å². The Labute approximate surface area is 105 Å². The van der Waals surface area contributed by atoms with Crippen molar-refractivity contribution in [3.05, 3.63) is 40.7 Å². The molecule has 0 bridgehead atoms. The molecule has 1 aliphatic rings. The molecule has 1 aromatic carbocycles. The molecule has 1 fully saturated rings. The lowest BCUT2D eigenvalue weighted by Crippen LogP contribution is -2.33. The van der Waals surface area contributed by atoms with E-state index in [1.165, 1.54) is 12.8 Å². The van der Waals surface area contributed by atoms with Crippen LogP contribution in [0.2, 0.25) is 0 Å². The molecule has 2 aromatic rings. The summed E-state index contributed by atoms with van der Waals surface area (Å²) in [5, 5.41) is 8.91. The van der Waals surface area contributed by atoms with Gasteiger partial charge in [-0.25, -0.2) is 0 Å². The van der Waals surface area contributed by atoms with Crippen molar-refractivity contribution in [3.63, 3.8) is 0 Å². The van der Waals surface area contributed by atoms with Crippen molar-refractivity contribution in [2.24, 2.45) is 5.92 Å². The van der Waals surface area contributed by atoms with E-state index in [-0.39, 0.29) is 5.56 Å². The highest BCUT2D eigenvalue weighted by molar-refractivity contribution is 5.62. The summed E-state index contributed by atoms with van der Waals surface area (Å²) in [5.74, 6) is 0.853. The van der Waals surface area contributed by atoms with Gasteiger partial charge in [0.2, 0.25) is 0 Å². The maximum absolute atomic E-state index is 11.1. The minimum Gasteiger partial charge on any atom is -0.382 e. The molecule has 0 saturated heterocycles. The maximum atomic E-state index is 11.1. The van der Waals surface area contributed by atoms with E-state index in [1.54, 1.807) is 6.07 Å². The van der Waals surface area contributed by atoms with E-state index >= 15 is 0 Å². The number of nitrogens with one attached hydrogen (secondary N) is 3. The number of aromatic nitrogens is 2. The lowest BCUT2D eigenvalue weighted by molar-refractivity contribution is 0.309. The summed E-state index contributed by atoms with van der Waals surface area (Å²) in [4.78, 5) is 11.1. The Bertz CT molecular complexity index is 576. The van der Waals surface area contributed by atoms with Gasteiger partial charge in [0.25, 0.3) is 5.56 Å². The second-order valence-electron chi connectivity index (χ2n) is 5.17. The van der Waals surface area contributed by atoms with Crippen LogP contribution in [-0.2, 0) is 0 Å². The Morgan fingerprint density at radius 1 is 1.17 bits per heavy atom. The molecule has 0 atom stereocenters. The number of hydrogen-bond acceptors (Lipinski definition) is 2. The molecule has 0 unspecified atom stereocenters. The summed E-state index contributed by atoms with van der Waals surface area (Å²) in [6.45, 7) is 2.28. The molecule has 0 spiro atoms. The molecule has 0 radical (unpaired) electrons. The second-order valence-corrected chi connectivity index (χ2v) is 5.17. The predicted molar refractivity (Wildman–Crippen MR) is 72.7 cm³/mol. The van der Waals surface area contributed by atoms with Gasteiger partial charge in [-0.05, 0) is 36.5 Å². The molecule has 94 valence electrons. The molecule has 3 rings (SSSR count). The van der Waals surface area contributed by atoms with Gasteiger partial charge in [-0.1, -0.05) is 19.1 Å². The average molecular weight is 243 g/mol. The van der Waals surface area contributed by atoms with Gasteiger partial charge in [0.15, 0.2) is 0 Å². The van der Waals surface area contributed by atoms with Gasteiger partial charge in [0.05, 0.1) is 5.69 Å². The first-order valence-electron chi connectivity index (χ1n) is 6.35. The number of aromatic amines is 2. The molecule has 0 amide bonds. The third kappa shape index (κ3) is 2.18. The fourth-order valence-electron chi connectivity index (χ4n) is 2.49. The van der Waals surface area contributed by atoms with E-state index in [0.717, 1.165) is 22.9 Å². The van der Waals surface area contributed by atoms with Crippen molar-refractivity contribution in [1.82, 2.24) is 10.2 Å². The van der Waals surface area contributed by atoms with Crippen LogP contribution in [0.1, 0.15) is 19.8 Å². The molecule has 1 aliphatic carbocycles. The van der Waals surface area contributed by atoms with E-state index < -0.39 is 0 Å². The average Bonchev–Trinajstić information content (AvgIpc) is 2.75. The topological polar surface area (TPSA) is 60.7 Å². The molecule has 18 heavy (non-hydrogen) atoms. The SMILES string of the molecule is CC1CC(Nc2ccc(-c3cc(=O)[nH][nH]3)cc2)C1. The van der Waals surface area contributed by atoms with Crippen LogP contribution < -0.4 is 10.9 Å². The smallest absolute Gasteiger partial charge is 0.264 e. The summed E-state index contributed by atoms with van der Waals surface area (Å²) in [6, 6.07) is 10.3. The first-order chi connectivity index (χ1) is 8.70. The molecule has 1 aromatic heterocycles. The number of rotatable bonds is 3. The lowest BCUT2D eigenvalue weighted by atomic mass is 9.82. The van der Waals surface area contributed by atoms with Gasteiger partial charge < -0.3 is 5.32 Å². The third-order valence-corrected chi connectivity index (χ3v) is 3.54. The fourth-order valence-corrected chi connectivity index (χ4v) is 2.49. The summed E-state index contributed by atoms with van der Waals surface area (Å²) < 4.78 is 0. The van der Waals surface area contributed by atoms with Crippen LogP contribution in [0, 0.1) is 5.92 Å². The molecule has 1 saturated carbocycles. The van der Waals surface area contributed by atoms with Crippen LogP contribution in [-0.4, -0.2) is 16.2 Å². The molecule has 4 heteroatoms. The summed E-state index contributed by atoms with van der Waals surface area (Å²) >= 11 is 0. The minimum atomic E-state index is -0.101. The zero-order valence-corrected chi connectivity index (χ0v) is 10.4. The Hall–Kier alpha value is -1.97. The third-order valence-electron chi connectivity index (χ3n) is 3.54. The van der Waals surface area contributed by atoms with Gasteiger partial charge in [-0.2, -0.15) is 0 Å². The van der Waals surface area contributed by atoms with E-state index in [0.29, 0.717) is 6.04 Å². The lowest BCUT2D eigenvalue weighted by Gasteiger charge is -2.34. The molecule has 0 aliphatic heterocycles. The molecular weight excluding hydrogens is 226 g/mol. The molecule has 4 nitrogen and oxygen atoms in total. The van der Waals surface area contributed by atoms with Crippen molar-refractivity contribution >= 4 is 5.69 Å². The number of H-pyrrole nitrogens is 2. The fraction of sp³-hybridized carbons (Fsp3) is 0.357. The highest BCUT2D eigenvalue weighted by atomic mass is 16.1. The number of benzene rings is 1. The van der Waals surface area contributed by atoms with Crippen LogP contribution in [0.5, 0.6) is 0 Å². The quantitative estimate of drug-likeness (QED) is 0.776. The van der Waals surface area contributed by atoms with Crippen molar-refractivity contribution in [2.75, 3.05) is 5.32 Å².